The summed E-state index contributed by atoms with van der Waals surface area (Å²) in [7, 11) is 0. The van der Waals surface area contributed by atoms with Crippen molar-refractivity contribution in [1.29, 1.82) is 0 Å². The molecule has 1 fully saturated rings. The first-order valence-corrected chi connectivity index (χ1v) is 10.8. The van der Waals surface area contributed by atoms with Crippen molar-refractivity contribution in [1.82, 2.24) is 10.2 Å². The third-order valence-corrected chi connectivity index (χ3v) is 5.83. The van der Waals surface area contributed by atoms with E-state index in [2.05, 4.69) is 35.3 Å². The van der Waals surface area contributed by atoms with Crippen molar-refractivity contribution >= 4 is 16.9 Å². The molecule has 0 unspecified atom stereocenters. The number of rotatable bonds is 7. The number of piperidine rings is 1. The Bertz CT molecular complexity index is 1100. The lowest BCUT2D eigenvalue weighted by atomic mass is 9.98. The van der Waals surface area contributed by atoms with Gasteiger partial charge in [-0.25, -0.2) is 4.79 Å². The van der Waals surface area contributed by atoms with Crippen LogP contribution in [0.1, 0.15) is 30.9 Å². The van der Waals surface area contributed by atoms with Crippen LogP contribution in [0.4, 0.5) is 0 Å². The number of benzene rings is 2. The molecule has 0 saturated carbocycles. The molecule has 0 radical (unpaired) electrons. The second-order valence-electron chi connectivity index (χ2n) is 8.25. The molecule has 2 aromatic carbocycles. The molecule has 0 atom stereocenters. The van der Waals surface area contributed by atoms with Gasteiger partial charge in [-0.05, 0) is 61.2 Å². The number of carbonyl (C=O) groups excluding carboxylic acids is 1. The van der Waals surface area contributed by atoms with Crippen molar-refractivity contribution in [2.24, 2.45) is 5.92 Å². The Morgan fingerprint density at radius 2 is 1.84 bits per heavy atom. The Kier molecular flexibility index (Phi) is 6.67. The van der Waals surface area contributed by atoms with Gasteiger partial charge in [-0.2, -0.15) is 0 Å². The fourth-order valence-corrected chi connectivity index (χ4v) is 3.87. The topological polar surface area (TPSA) is 71.8 Å². The van der Waals surface area contributed by atoms with Gasteiger partial charge in [-0.1, -0.05) is 31.2 Å². The highest BCUT2D eigenvalue weighted by Gasteiger charge is 2.17. The molecule has 31 heavy (non-hydrogen) atoms. The van der Waals surface area contributed by atoms with Gasteiger partial charge < -0.3 is 14.5 Å². The number of likely N-dealkylation sites (tertiary alicyclic amines) is 1. The van der Waals surface area contributed by atoms with Crippen molar-refractivity contribution < 1.29 is 13.9 Å². The molecule has 1 aromatic heterocycles. The van der Waals surface area contributed by atoms with Crippen LogP contribution in [0.5, 0.6) is 5.75 Å². The van der Waals surface area contributed by atoms with Crippen LogP contribution in [0, 0.1) is 5.92 Å². The SMILES string of the molecule is CC1CCN(Cc2ccccc2CNC(=O)COc2ccc3ccc(=O)oc3c2)CC1. The zero-order valence-corrected chi connectivity index (χ0v) is 17.8. The minimum absolute atomic E-state index is 0.102. The Balaban J connectivity index is 1.30. The van der Waals surface area contributed by atoms with Crippen LogP contribution in [-0.4, -0.2) is 30.5 Å². The van der Waals surface area contributed by atoms with Crippen LogP contribution in [0.15, 0.2) is 63.8 Å². The minimum Gasteiger partial charge on any atom is -0.484 e. The molecule has 1 saturated heterocycles. The number of amides is 1. The average molecular weight is 421 g/mol. The number of hydrogen-bond donors (Lipinski definition) is 1. The molecule has 6 nitrogen and oxygen atoms in total. The van der Waals surface area contributed by atoms with Crippen LogP contribution in [-0.2, 0) is 17.9 Å². The van der Waals surface area contributed by atoms with Gasteiger partial charge in [0.05, 0.1) is 0 Å². The van der Waals surface area contributed by atoms with Crippen LogP contribution in [0.25, 0.3) is 11.0 Å². The number of carbonyl (C=O) groups is 1. The maximum atomic E-state index is 12.3. The van der Waals surface area contributed by atoms with Crippen molar-refractivity contribution in [2.45, 2.75) is 32.9 Å². The molecule has 1 aliphatic heterocycles. The Hall–Kier alpha value is -3.12. The van der Waals surface area contributed by atoms with E-state index in [1.807, 2.05) is 6.07 Å². The van der Waals surface area contributed by atoms with Gasteiger partial charge in [0.15, 0.2) is 6.61 Å². The van der Waals surface area contributed by atoms with Crippen molar-refractivity contribution in [2.75, 3.05) is 19.7 Å². The summed E-state index contributed by atoms with van der Waals surface area (Å²) in [5, 5.41) is 3.75. The molecule has 1 N–H and O–H groups in total. The normalized spacial score (nSPS) is 15.1. The van der Waals surface area contributed by atoms with Gasteiger partial charge in [0.1, 0.15) is 11.3 Å². The number of hydrogen-bond acceptors (Lipinski definition) is 5. The molecular formula is C25H28N2O4. The highest BCUT2D eigenvalue weighted by molar-refractivity contribution is 5.79. The van der Waals surface area contributed by atoms with Gasteiger partial charge >= 0.3 is 5.63 Å². The molecule has 0 bridgehead atoms. The standard InChI is InChI=1S/C25H28N2O4/c1-18-10-12-27(13-11-18)16-21-5-3-2-4-20(21)15-26-24(28)17-30-22-8-6-19-7-9-25(29)31-23(19)14-22/h2-9,14,18H,10-13,15-17H2,1H3,(H,26,28). The predicted octanol–water partition coefficient (Wildman–Crippen LogP) is 3.72. The molecule has 3 aromatic rings. The van der Waals surface area contributed by atoms with E-state index in [0.29, 0.717) is 17.9 Å². The molecule has 2 heterocycles. The zero-order chi connectivity index (χ0) is 21.6. The van der Waals surface area contributed by atoms with E-state index in [1.165, 1.54) is 24.5 Å². The minimum atomic E-state index is -0.417. The quantitative estimate of drug-likeness (QED) is 0.590. The fourth-order valence-electron chi connectivity index (χ4n) is 3.87. The van der Waals surface area contributed by atoms with E-state index in [0.717, 1.165) is 36.5 Å². The van der Waals surface area contributed by atoms with Crippen LogP contribution >= 0.6 is 0 Å². The van der Waals surface area contributed by atoms with E-state index >= 15 is 0 Å². The summed E-state index contributed by atoms with van der Waals surface area (Å²) < 4.78 is 10.7. The van der Waals surface area contributed by atoms with E-state index < -0.39 is 5.63 Å². The van der Waals surface area contributed by atoms with E-state index in [-0.39, 0.29) is 12.5 Å². The lowest BCUT2D eigenvalue weighted by molar-refractivity contribution is -0.123. The van der Waals surface area contributed by atoms with Gasteiger partial charge in [-0.3, -0.25) is 9.69 Å². The summed E-state index contributed by atoms with van der Waals surface area (Å²) in [6.45, 7) is 5.85. The number of nitrogens with zero attached hydrogens (tertiary/aromatic N) is 1. The lowest BCUT2D eigenvalue weighted by Crippen LogP contribution is -2.33. The highest BCUT2D eigenvalue weighted by Crippen LogP contribution is 2.20. The summed E-state index contributed by atoms with van der Waals surface area (Å²) >= 11 is 0. The molecule has 1 aliphatic rings. The summed E-state index contributed by atoms with van der Waals surface area (Å²) in [6.07, 6.45) is 2.49. The second-order valence-corrected chi connectivity index (χ2v) is 8.25. The van der Waals surface area contributed by atoms with Crippen LogP contribution in [0.3, 0.4) is 0 Å². The third kappa shape index (κ3) is 5.73. The monoisotopic (exact) mass is 420 g/mol. The fraction of sp³-hybridized carbons (Fsp3) is 0.360. The maximum absolute atomic E-state index is 12.3. The number of fused-ring (bicyclic) bond motifs is 1. The predicted molar refractivity (Wildman–Crippen MR) is 120 cm³/mol. The Labute approximate surface area is 181 Å². The summed E-state index contributed by atoms with van der Waals surface area (Å²) in [5.74, 6) is 1.09. The van der Waals surface area contributed by atoms with Gasteiger partial charge in [0.2, 0.25) is 0 Å². The first-order chi connectivity index (χ1) is 15.1. The summed E-state index contributed by atoms with van der Waals surface area (Å²) in [6, 6.07) is 16.5. The molecule has 6 heteroatoms. The van der Waals surface area contributed by atoms with Gasteiger partial charge in [0, 0.05) is 30.6 Å². The zero-order valence-electron chi connectivity index (χ0n) is 17.8. The molecule has 0 spiro atoms. The van der Waals surface area contributed by atoms with E-state index in [1.54, 1.807) is 24.3 Å². The van der Waals surface area contributed by atoms with Gasteiger partial charge in [0.25, 0.3) is 5.91 Å². The van der Waals surface area contributed by atoms with Crippen molar-refractivity contribution in [3.05, 3.63) is 76.1 Å². The van der Waals surface area contributed by atoms with Crippen molar-refractivity contribution in [3.63, 3.8) is 0 Å². The number of ether oxygens (including phenoxy) is 1. The van der Waals surface area contributed by atoms with Crippen LogP contribution in [0.2, 0.25) is 0 Å². The molecule has 162 valence electrons. The smallest absolute Gasteiger partial charge is 0.336 e. The maximum Gasteiger partial charge on any atom is 0.336 e. The molecular weight excluding hydrogens is 392 g/mol. The average Bonchev–Trinajstić information content (AvgIpc) is 2.78. The lowest BCUT2D eigenvalue weighted by Gasteiger charge is -2.30. The first-order valence-electron chi connectivity index (χ1n) is 10.8. The third-order valence-electron chi connectivity index (χ3n) is 5.83. The Morgan fingerprint density at radius 1 is 1.10 bits per heavy atom. The van der Waals surface area contributed by atoms with Crippen molar-refractivity contribution in [3.8, 4) is 5.75 Å². The molecule has 0 aliphatic carbocycles. The molecule has 4 rings (SSSR count). The van der Waals surface area contributed by atoms with Crippen LogP contribution < -0.4 is 15.7 Å². The number of nitrogens with one attached hydrogen (secondary N) is 1. The van der Waals surface area contributed by atoms with E-state index in [9.17, 15) is 9.59 Å². The molecule has 1 amide bonds. The van der Waals surface area contributed by atoms with Gasteiger partial charge in [-0.15, -0.1) is 0 Å². The first kappa shape index (κ1) is 21.1. The highest BCUT2D eigenvalue weighted by atomic mass is 16.5. The Morgan fingerprint density at radius 3 is 2.65 bits per heavy atom. The summed E-state index contributed by atoms with van der Waals surface area (Å²) in [5.41, 5.74) is 2.40. The second kappa shape index (κ2) is 9.79. The summed E-state index contributed by atoms with van der Waals surface area (Å²) in [4.78, 5) is 26.2. The van der Waals surface area contributed by atoms with E-state index in [4.69, 9.17) is 9.15 Å². The largest absolute Gasteiger partial charge is 0.484 e.